The first kappa shape index (κ1) is 11.5. The van der Waals surface area contributed by atoms with Crippen molar-refractivity contribution in [1.29, 1.82) is 0 Å². The van der Waals surface area contributed by atoms with Gasteiger partial charge in [0.25, 0.3) is 0 Å². The summed E-state index contributed by atoms with van der Waals surface area (Å²) in [5.74, 6) is 0.695. The largest absolute Gasteiger partial charge is 0.394 e. The molecule has 0 saturated carbocycles. The van der Waals surface area contributed by atoms with E-state index in [4.69, 9.17) is 0 Å². The molecule has 0 saturated heterocycles. The van der Waals surface area contributed by atoms with Gasteiger partial charge in [-0.05, 0) is 18.6 Å². The molecule has 4 nitrogen and oxygen atoms in total. The van der Waals surface area contributed by atoms with Crippen molar-refractivity contribution in [3.8, 4) is 0 Å². The molecule has 2 aromatic rings. The molecule has 0 bridgehead atoms. The molecular weight excluding hydrogens is 214 g/mol. The van der Waals surface area contributed by atoms with Crippen LogP contribution in [0, 0.1) is 0 Å². The molecule has 1 aromatic carbocycles. The lowest BCUT2D eigenvalue weighted by molar-refractivity contribution is 0.223. The fraction of sp³-hybridized carbons (Fsp3) is 0.231. The highest BCUT2D eigenvalue weighted by molar-refractivity contribution is 5.40. The van der Waals surface area contributed by atoms with Crippen molar-refractivity contribution >= 4 is 5.82 Å². The molecule has 0 aliphatic carbocycles. The Labute approximate surface area is 100 Å². The molecule has 4 heteroatoms. The Hall–Kier alpha value is -1.94. The van der Waals surface area contributed by atoms with E-state index >= 15 is 0 Å². The number of anilines is 1. The van der Waals surface area contributed by atoms with E-state index in [1.54, 1.807) is 12.3 Å². The number of benzene rings is 1. The Balaban J connectivity index is 2.27. The fourth-order valence-corrected chi connectivity index (χ4v) is 1.66. The number of aliphatic hydroxyl groups is 1. The average molecular weight is 229 g/mol. The van der Waals surface area contributed by atoms with Crippen LogP contribution >= 0.6 is 0 Å². The zero-order chi connectivity index (χ0) is 12.1. The Morgan fingerprint density at radius 2 is 2.00 bits per heavy atom. The van der Waals surface area contributed by atoms with Gasteiger partial charge in [0, 0.05) is 6.20 Å². The summed E-state index contributed by atoms with van der Waals surface area (Å²) < 4.78 is 0. The van der Waals surface area contributed by atoms with Gasteiger partial charge in [-0.3, -0.25) is 0 Å². The van der Waals surface area contributed by atoms with Crippen LogP contribution in [0.4, 0.5) is 5.82 Å². The van der Waals surface area contributed by atoms with E-state index in [9.17, 15) is 5.11 Å². The van der Waals surface area contributed by atoms with Crippen molar-refractivity contribution in [3.63, 3.8) is 0 Å². The van der Waals surface area contributed by atoms with Gasteiger partial charge >= 0.3 is 0 Å². The van der Waals surface area contributed by atoms with Gasteiger partial charge in [-0.25, -0.2) is 9.97 Å². The highest BCUT2D eigenvalue weighted by Crippen LogP contribution is 2.24. The van der Waals surface area contributed by atoms with Gasteiger partial charge < -0.3 is 10.4 Å². The molecule has 0 fully saturated rings. The van der Waals surface area contributed by atoms with Crippen LogP contribution in [0.2, 0.25) is 0 Å². The van der Waals surface area contributed by atoms with Crippen molar-refractivity contribution < 1.29 is 5.11 Å². The molecule has 2 rings (SSSR count). The third kappa shape index (κ3) is 2.60. The number of nitrogens with zero attached hydrogens (tertiary/aromatic N) is 2. The number of hydrogen-bond acceptors (Lipinski definition) is 4. The molecule has 0 radical (unpaired) electrons. The van der Waals surface area contributed by atoms with Gasteiger partial charge in [0.2, 0.25) is 0 Å². The number of aromatic nitrogens is 2. The van der Waals surface area contributed by atoms with Crippen LogP contribution in [0.25, 0.3) is 0 Å². The molecule has 1 aromatic heterocycles. The van der Waals surface area contributed by atoms with E-state index in [2.05, 4.69) is 15.3 Å². The number of nitrogens with one attached hydrogen (secondary N) is 1. The summed E-state index contributed by atoms with van der Waals surface area (Å²) in [5.41, 5.74) is 0.469. The molecule has 1 unspecified atom stereocenters. The monoisotopic (exact) mass is 229 g/mol. The van der Waals surface area contributed by atoms with Crippen LogP contribution in [0.1, 0.15) is 12.5 Å². The van der Waals surface area contributed by atoms with Crippen LogP contribution in [0.5, 0.6) is 0 Å². The second kappa shape index (κ2) is 4.93. The summed E-state index contributed by atoms with van der Waals surface area (Å²) in [6.07, 6.45) is 3.14. The minimum absolute atomic E-state index is 0.0129. The van der Waals surface area contributed by atoms with E-state index in [1.807, 2.05) is 37.3 Å². The maximum atomic E-state index is 9.59. The number of aliphatic hydroxyl groups excluding tert-OH is 1. The van der Waals surface area contributed by atoms with E-state index in [0.717, 1.165) is 5.56 Å². The van der Waals surface area contributed by atoms with E-state index in [1.165, 1.54) is 6.33 Å². The zero-order valence-corrected chi connectivity index (χ0v) is 9.67. The van der Waals surface area contributed by atoms with Crippen LogP contribution in [0.15, 0.2) is 48.9 Å². The normalized spacial score (nSPS) is 14.0. The smallest absolute Gasteiger partial charge is 0.130 e. The maximum Gasteiger partial charge on any atom is 0.130 e. The molecule has 17 heavy (non-hydrogen) atoms. The van der Waals surface area contributed by atoms with Crippen molar-refractivity contribution in [2.24, 2.45) is 0 Å². The summed E-state index contributed by atoms with van der Waals surface area (Å²) in [4.78, 5) is 7.96. The SMILES string of the molecule is CC(CO)(Nc1ccncn1)c1ccccc1. The lowest BCUT2D eigenvalue weighted by atomic mass is 9.93. The summed E-state index contributed by atoms with van der Waals surface area (Å²) in [5, 5.41) is 12.8. The van der Waals surface area contributed by atoms with Crippen LogP contribution in [-0.4, -0.2) is 21.7 Å². The molecular formula is C13H15N3O. The highest BCUT2D eigenvalue weighted by Gasteiger charge is 2.25. The van der Waals surface area contributed by atoms with Gasteiger partial charge in [0.1, 0.15) is 12.1 Å². The summed E-state index contributed by atoms with van der Waals surface area (Å²) in [7, 11) is 0. The van der Waals surface area contributed by atoms with Crippen LogP contribution < -0.4 is 5.32 Å². The van der Waals surface area contributed by atoms with Gasteiger partial charge in [-0.1, -0.05) is 30.3 Å². The molecule has 1 heterocycles. The number of hydrogen-bond donors (Lipinski definition) is 2. The minimum atomic E-state index is -0.546. The minimum Gasteiger partial charge on any atom is -0.394 e. The maximum absolute atomic E-state index is 9.59. The van der Waals surface area contributed by atoms with Gasteiger partial charge in [-0.15, -0.1) is 0 Å². The standard InChI is InChI=1S/C13H15N3O/c1-13(9-17,11-5-3-2-4-6-11)16-12-7-8-14-10-15-12/h2-8,10,17H,9H2,1H3,(H,14,15,16). The van der Waals surface area contributed by atoms with Crippen molar-refractivity contribution in [2.45, 2.75) is 12.5 Å². The predicted octanol–water partition coefficient (Wildman–Crippen LogP) is 1.80. The van der Waals surface area contributed by atoms with E-state index < -0.39 is 5.54 Å². The van der Waals surface area contributed by atoms with Crippen molar-refractivity contribution in [1.82, 2.24) is 9.97 Å². The molecule has 0 spiro atoms. The van der Waals surface area contributed by atoms with Gasteiger partial charge in [0.05, 0.1) is 12.1 Å². The lowest BCUT2D eigenvalue weighted by Gasteiger charge is -2.29. The molecule has 1 atom stereocenters. The molecule has 2 N–H and O–H groups in total. The summed E-state index contributed by atoms with van der Waals surface area (Å²) >= 11 is 0. The second-order valence-corrected chi connectivity index (χ2v) is 4.08. The van der Waals surface area contributed by atoms with Crippen LogP contribution in [0.3, 0.4) is 0 Å². The molecule has 88 valence electrons. The van der Waals surface area contributed by atoms with Gasteiger partial charge in [0.15, 0.2) is 0 Å². The highest BCUT2D eigenvalue weighted by atomic mass is 16.3. The summed E-state index contributed by atoms with van der Waals surface area (Å²) in [6, 6.07) is 11.6. The molecule has 0 aliphatic heterocycles. The second-order valence-electron chi connectivity index (χ2n) is 4.08. The lowest BCUT2D eigenvalue weighted by Crippen LogP contribution is -2.36. The van der Waals surface area contributed by atoms with E-state index in [-0.39, 0.29) is 6.61 Å². The quantitative estimate of drug-likeness (QED) is 0.839. The molecule has 0 aliphatic rings. The third-order valence-electron chi connectivity index (χ3n) is 2.71. The Morgan fingerprint density at radius 3 is 2.59 bits per heavy atom. The number of rotatable bonds is 4. The van der Waals surface area contributed by atoms with Crippen molar-refractivity contribution in [3.05, 3.63) is 54.5 Å². The first-order chi connectivity index (χ1) is 8.24. The topological polar surface area (TPSA) is 58.0 Å². The molecule has 0 amide bonds. The van der Waals surface area contributed by atoms with Gasteiger partial charge in [-0.2, -0.15) is 0 Å². The Morgan fingerprint density at radius 1 is 1.24 bits per heavy atom. The Bertz CT molecular complexity index is 461. The first-order valence-electron chi connectivity index (χ1n) is 5.45. The predicted molar refractivity (Wildman–Crippen MR) is 66.5 cm³/mol. The fourth-order valence-electron chi connectivity index (χ4n) is 1.66. The van der Waals surface area contributed by atoms with Crippen molar-refractivity contribution in [2.75, 3.05) is 11.9 Å². The summed E-state index contributed by atoms with van der Waals surface area (Å²) in [6.45, 7) is 1.92. The average Bonchev–Trinajstić information content (AvgIpc) is 2.41. The first-order valence-corrected chi connectivity index (χ1v) is 5.45. The van der Waals surface area contributed by atoms with Crippen LogP contribution in [-0.2, 0) is 5.54 Å². The zero-order valence-electron chi connectivity index (χ0n) is 9.67. The Kier molecular flexibility index (Phi) is 3.35. The third-order valence-corrected chi connectivity index (χ3v) is 2.71. The van der Waals surface area contributed by atoms with E-state index in [0.29, 0.717) is 5.82 Å².